The lowest BCUT2D eigenvalue weighted by atomic mass is 10.1. The summed E-state index contributed by atoms with van der Waals surface area (Å²) in [6.07, 6.45) is 5.59. The maximum atomic E-state index is 3.65. The maximum Gasteiger partial charge on any atom is 0.0328 e. The Bertz CT molecular complexity index is 454. The van der Waals surface area contributed by atoms with E-state index in [4.69, 9.17) is 0 Å². The Morgan fingerprint density at radius 1 is 1.10 bits per heavy atom. The Balaban J connectivity index is 1.30. The average molecular weight is 305 g/mol. The lowest BCUT2D eigenvalue weighted by Crippen LogP contribution is -2.29. The molecule has 3 saturated heterocycles. The fraction of sp³-hybridized carbons (Fsp3) is 0.765. The standard InChI is InChI=1S/C17H27N3S/c1-2-6-19(7-3-1)9-14-8-16(21-13-14)11-20-10-15-4-5-18-17(15)12-20/h8,13,15,17-18H,1-7,9-12H2/t15-,17+/m0/s1. The molecule has 116 valence electrons. The third kappa shape index (κ3) is 3.34. The zero-order valence-electron chi connectivity index (χ0n) is 12.9. The van der Waals surface area contributed by atoms with Crippen molar-refractivity contribution in [1.82, 2.24) is 15.1 Å². The third-order valence-electron chi connectivity index (χ3n) is 5.38. The van der Waals surface area contributed by atoms with Crippen molar-refractivity contribution in [2.75, 3.05) is 32.7 Å². The molecule has 0 bridgehead atoms. The maximum absolute atomic E-state index is 3.65. The van der Waals surface area contributed by atoms with E-state index < -0.39 is 0 Å². The molecule has 0 aromatic carbocycles. The molecule has 4 rings (SSSR count). The highest BCUT2D eigenvalue weighted by atomic mass is 32.1. The Morgan fingerprint density at radius 3 is 2.86 bits per heavy atom. The zero-order valence-corrected chi connectivity index (χ0v) is 13.7. The summed E-state index contributed by atoms with van der Waals surface area (Å²) < 4.78 is 0. The van der Waals surface area contributed by atoms with Crippen molar-refractivity contribution in [1.29, 1.82) is 0 Å². The van der Waals surface area contributed by atoms with Gasteiger partial charge in [0.05, 0.1) is 0 Å². The number of nitrogens with zero attached hydrogens (tertiary/aromatic N) is 2. The fourth-order valence-electron chi connectivity index (χ4n) is 4.26. The van der Waals surface area contributed by atoms with E-state index in [1.165, 1.54) is 77.1 Å². The van der Waals surface area contributed by atoms with Gasteiger partial charge in [-0.1, -0.05) is 6.42 Å². The minimum Gasteiger partial charge on any atom is -0.312 e. The molecule has 0 radical (unpaired) electrons. The van der Waals surface area contributed by atoms with Crippen molar-refractivity contribution in [2.24, 2.45) is 5.92 Å². The molecular weight excluding hydrogens is 278 g/mol. The molecule has 0 amide bonds. The van der Waals surface area contributed by atoms with Crippen LogP contribution in [0.5, 0.6) is 0 Å². The topological polar surface area (TPSA) is 18.5 Å². The van der Waals surface area contributed by atoms with Gasteiger partial charge in [-0.3, -0.25) is 9.80 Å². The molecular formula is C17H27N3S. The quantitative estimate of drug-likeness (QED) is 0.922. The molecule has 3 aliphatic heterocycles. The van der Waals surface area contributed by atoms with Crippen LogP contribution in [0.1, 0.15) is 36.1 Å². The third-order valence-corrected chi connectivity index (χ3v) is 6.35. The number of rotatable bonds is 4. The SMILES string of the molecule is c1sc(CN2C[C@@H]3CCN[C@@H]3C2)cc1CN1CCCCC1. The lowest BCUT2D eigenvalue weighted by molar-refractivity contribution is 0.221. The van der Waals surface area contributed by atoms with E-state index in [0.29, 0.717) is 0 Å². The molecule has 1 aromatic rings. The second-order valence-corrected chi connectivity index (χ2v) is 8.06. The zero-order chi connectivity index (χ0) is 14.1. The molecule has 0 spiro atoms. The van der Waals surface area contributed by atoms with Gasteiger partial charge in [0.2, 0.25) is 0 Å². The molecule has 0 unspecified atom stereocenters. The fourth-order valence-corrected chi connectivity index (χ4v) is 5.18. The van der Waals surface area contributed by atoms with Crippen LogP contribution < -0.4 is 5.32 Å². The van der Waals surface area contributed by atoms with Gasteiger partial charge in [0.25, 0.3) is 0 Å². The Labute approximate surface area is 132 Å². The number of likely N-dealkylation sites (tertiary alicyclic amines) is 2. The van der Waals surface area contributed by atoms with E-state index in [2.05, 4.69) is 26.6 Å². The van der Waals surface area contributed by atoms with Gasteiger partial charge in [-0.05, 0) is 61.8 Å². The van der Waals surface area contributed by atoms with E-state index in [9.17, 15) is 0 Å². The van der Waals surface area contributed by atoms with E-state index in [1.54, 1.807) is 4.88 Å². The monoisotopic (exact) mass is 305 g/mol. The van der Waals surface area contributed by atoms with Crippen LogP contribution in [0.4, 0.5) is 0 Å². The van der Waals surface area contributed by atoms with Crippen molar-refractivity contribution in [3.8, 4) is 0 Å². The van der Waals surface area contributed by atoms with Crippen molar-refractivity contribution in [3.05, 3.63) is 21.9 Å². The van der Waals surface area contributed by atoms with Crippen LogP contribution in [-0.2, 0) is 13.1 Å². The van der Waals surface area contributed by atoms with Gasteiger partial charge in [-0.2, -0.15) is 0 Å². The van der Waals surface area contributed by atoms with E-state index in [1.807, 2.05) is 11.3 Å². The van der Waals surface area contributed by atoms with Crippen LogP contribution in [0, 0.1) is 5.92 Å². The highest BCUT2D eigenvalue weighted by Gasteiger charge is 2.35. The van der Waals surface area contributed by atoms with Crippen molar-refractivity contribution in [2.45, 2.75) is 44.8 Å². The Kier molecular flexibility index (Phi) is 4.30. The first-order chi connectivity index (χ1) is 10.4. The summed E-state index contributed by atoms with van der Waals surface area (Å²) in [7, 11) is 0. The lowest BCUT2D eigenvalue weighted by Gasteiger charge is -2.25. The molecule has 3 fully saturated rings. The second-order valence-electron chi connectivity index (χ2n) is 7.06. The predicted molar refractivity (Wildman–Crippen MR) is 88.6 cm³/mol. The molecule has 4 heterocycles. The van der Waals surface area contributed by atoms with Crippen molar-refractivity contribution in [3.63, 3.8) is 0 Å². The molecule has 0 saturated carbocycles. The molecule has 0 aliphatic carbocycles. The first kappa shape index (κ1) is 14.2. The number of hydrogen-bond acceptors (Lipinski definition) is 4. The van der Waals surface area contributed by atoms with Crippen LogP contribution in [0.15, 0.2) is 11.4 Å². The summed E-state index contributed by atoms with van der Waals surface area (Å²) in [5.74, 6) is 0.915. The summed E-state index contributed by atoms with van der Waals surface area (Å²) in [5.41, 5.74) is 1.54. The predicted octanol–water partition coefficient (Wildman–Crippen LogP) is 2.53. The average Bonchev–Trinajstić information content (AvgIpc) is 3.17. The van der Waals surface area contributed by atoms with Crippen LogP contribution >= 0.6 is 11.3 Å². The normalized spacial score (nSPS) is 30.9. The number of nitrogens with one attached hydrogen (secondary N) is 1. The number of fused-ring (bicyclic) bond motifs is 1. The minimum atomic E-state index is 0.776. The number of piperidine rings is 1. The first-order valence-corrected chi connectivity index (χ1v) is 9.49. The second kappa shape index (κ2) is 6.37. The van der Waals surface area contributed by atoms with Gasteiger partial charge < -0.3 is 5.32 Å². The molecule has 1 N–H and O–H groups in total. The number of thiophene rings is 1. The molecule has 3 aliphatic rings. The van der Waals surface area contributed by atoms with Crippen molar-refractivity contribution < 1.29 is 0 Å². The van der Waals surface area contributed by atoms with Gasteiger partial charge >= 0.3 is 0 Å². The summed E-state index contributed by atoms with van der Waals surface area (Å²) in [6, 6.07) is 3.23. The van der Waals surface area contributed by atoms with Crippen LogP contribution in [0.3, 0.4) is 0 Å². The highest BCUT2D eigenvalue weighted by Crippen LogP contribution is 2.27. The minimum absolute atomic E-state index is 0.776. The first-order valence-electron chi connectivity index (χ1n) is 8.61. The van der Waals surface area contributed by atoms with E-state index in [0.717, 1.165) is 12.0 Å². The number of hydrogen-bond donors (Lipinski definition) is 1. The summed E-state index contributed by atoms with van der Waals surface area (Å²) in [6.45, 7) is 8.73. The molecule has 2 atom stereocenters. The molecule has 1 aromatic heterocycles. The summed E-state index contributed by atoms with van der Waals surface area (Å²) in [4.78, 5) is 6.83. The summed E-state index contributed by atoms with van der Waals surface area (Å²) >= 11 is 1.96. The van der Waals surface area contributed by atoms with Gasteiger partial charge in [-0.15, -0.1) is 11.3 Å². The van der Waals surface area contributed by atoms with Gasteiger partial charge in [0.1, 0.15) is 0 Å². The van der Waals surface area contributed by atoms with Crippen LogP contribution in [0.2, 0.25) is 0 Å². The van der Waals surface area contributed by atoms with Crippen molar-refractivity contribution >= 4 is 11.3 Å². The highest BCUT2D eigenvalue weighted by molar-refractivity contribution is 7.10. The van der Waals surface area contributed by atoms with E-state index in [-0.39, 0.29) is 0 Å². The Hall–Kier alpha value is -0.420. The van der Waals surface area contributed by atoms with E-state index >= 15 is 0 Å². The van der Waals surface area contributed by atoms with Gasteiger partial charge in [-0.25, -0.2) is 0 Å². The summed E-state index contributed by atoms with van der Waals surface area (Å²) in [5, 5.41) is 6.04. The molecule has 3 nitrogen and oxygen atoms in total. The van der Waals surface area contributed by atoms with Crippen LogP contribution in [-0.4, -0.2) is 48.6 Å². The van der Waals surface area contributed by atoms with Gasteiger partial charge in [0.15, 0.2) is 0 Å². The van der Waals surface area contributed by atoms with Crippen LogP contribution in [0.25, 0.3) is 0 Å². The Morgan fingerprint density at radius 2 is 2.00 bits per heavy atom. The smallest absolute Gasteiger partial charge is 0.0328 e. The molecule has 21 heavy (non-hydrogen) atoms. The largest absolute Gasteiger partial charge is 0.312 e. The van der Waals surface area contributed by atoms with Gasteiger partial charge in [0, 0.05) is 37.1 Å². The molecule has 4 heteroatoms.